The number of rotatable bonds is 1. The van der Waals surface area contributed by atoms with Gasteiger partial charge in [-0.2, -0.15) is 0 Å². The number of hydrogen-bond acceptors (Lipinski definition) is 3. The Hall–Kier alpha value is -1.32. The predicted octanol–water partition coefficient (Wildman–Crippen LogP) is 1.55. The largest absolute Gasteiger partial charge is 0.351 e. The Balaban J connectivity index is 1.72. The first kappa shape index (κ1) is 8.95. The van der Waals surface area contributed by atoms with Gasteiger partial charge in [-0.3, -0.25) is 4.79 Å². The van der Waals surface area contributed by atoms with Gasteiger partial charge in [0.25, 0.3) is 5.91 Å². The van der Waals surface area contributed by atoms with Crippen molar-refractivity contribution in [2.45, 2.75) is 19.3 Å². The zero-order valence-corrected chi connectivity index (χ0v) is 8.56. The lowest BCUT2D eigenvalue weighted by Crippen LogP contribution is -2.29. The highest BCUT2D eigenvalue weighted by Gasteiger charge is 2.38. The quantitative estimate of drug-likeness (QED) is 0.700. The standard InChI is InChI=1S/C11H14N2O2/c14-11(10-4-5-12-15-10)13-6-8-2-1-3-9(8)7-13/h4-5,8-9H,1-3,6-7H2. The van der Waals surface area contributed by atoms with Crippen molar-refractivity contribution >= 4 is 5.91 Å². The monoisotopic (exact) mass is 206 g/mol. The van der Waals surface area contributed by atoms with Crippen LogP contribution in [0.2, 0.25) is 0 Å². The first-order chi connectivity index (χ1) is 7.34. The maximum absolute atomic E-state index is 11.9. The van der Waals surface area contributed by atoms with Crippen molar-refractivity contribution in [3.8, 4) is 0 Å². The van der Waals surface area contributed by atoms with Crippen LogP contribution >= 0.6 is 0 Å². The highest BCUT2D eigenvalue weighted by molar-refractivity contribution is 5.91. The zero-order chi connectivity index (χ0) is 10.3. The normalized spacial score (nSPS) is 29.5. The number of nitrogens with zero attached hydrogens (tertiary/aromatic N) is 2. The molecule has 4 nitrogen and oxygen atoms in total. The molecule has 1 aromatic rings. The molecule has 4 heteroatoms. The minimum absolute atomic E-state index is 0.00176. The molecule has 2 fully saturated rings. The van der Waals surface area contributed by atoms with Crippen LogP contribution in [0.1, 0.15) is 29.8 Å². The summed E-state index contributed by atoms with van der Waals surface area (Å²) in [7, 11) is 0. The Morgan fingerprint density at radius 1 is 1.40 bits per heavy atom. The summed E-state index contributed by atoms with van der Waals surface area (Å²) < 4.78 is 4.89. The van der Waals surface area contributed by atoms with Gasteiger partial charge in [0, 0.05) is 19.2 Å². The average molecular weight is 206 g/mol. The van der Waals surface area contributed by atoms with Crippen LogP contribution < -0.4 is 0 Å². The second-order valence-corrected chi connectivity index (χ2v) is 4.54. The summed E-state index contributed by atoms with van der Waals surface area (Å²) in [6.07, 6.45) is 5.42. The summed E-state index contributed by atoms with van der Waals surface area (Å²) in [6, 6.07) is 1.64. The molecule has 1 aliphatic heterocycles. The molecule has 0 radical (unpaired) electrons. The van der Waals surface area contributed by atoms with Gasteiger partial charge in [0.1, 0.15) is 0 Å². The molecule has 1 aliphatic carbocycles. The zero-order valence-electron chi connectivity index (χ0n) is 8.56. The van der Waals surface area contributed by atoms with Gasteiger partial charge >= 0.3 is 0 Å². The van der Waals surface area contributed by atoms with Gasteiger partial charge in [-0.15, -0.1) is 0 Å². The maximum atomic E-state index is 11.9. The SMILES string of the molecule is O=C(c1ccno1)N1CC2CCCC2C1. The number of carbonyl (C=O) groups excluding carboxylic acids is 1. The molecule has 15 heavy (non-hydrogen) atoms. The number of amides is 1. The summed E-state index contributed by atoms with van der Waals surface area (Å²) in [5, 5.41) is 3.56. The summed E-state index contributed by atoms with van der Waals surface area (Å²) in [6.45, 7) is 1.81. The Labute approximate surface area is 88.2 Å². The van der Waals surface area contributed by atoms with Crippen LogP contribution in [0.3, 0.4) is 0 Å². The molecule has 2 heterocycles. The first-order valence-electron chi connectivity index (χ1n) is 5.54. The van der Waals surface area contributed by atoms with E-state index in [1.165, 1.54) is 25.5 Å². The molecule has 80 valence electrons. The van der Waals surface area contributed by atoms with E-state index >= 15 is 0 Å². The maximum Gasteiger partial charge on any atom is 0.292 e. The van der Waals surface area contributed by atoms with Gasteiger partial charge < -0.3 is 9.42 Å². The molecule has 1 saturated heterocycles. The lowest BCUT2D eigenvalue weighted by atomic mass is 10.0. The van der Waals surface area contributed by atoms with E-state index in [-0.39, 0.29) is 5.91 Å². The third-order valence-electron chi connectivity index (χ3n) is 3.66. The van der Waals surface area contributed by atoms with Gasteiger partial charge in [0.2, 0.25) is 5.76 Å². The fourth-order valence-electron chi connectivity index (χ4n) is 2.88. The smallest absolute Gasteiger partial charge is 0.292 e. The Kier molecular flexibility index (Phi) is 2.01. The van der Waals surface area contributed by atoms with Crippen LogP contribution in [-0.2, 0) is 0 Å². The third kappa shape index (κ3) is 1.44. The summed E-state index contributed by atoms with van der Waals surface area (Å²) in [5.74, 6) is 1.84. The fraction of sp³-hybridized carbons (Fsp3) is 0.636. The Morgan fingerprint density at radius 3 is 2.73 bits per heavy atom. The van der Waals surface area contributed by atoms with Crippen LogP contribution in [-0.4, -0.2) is 29.1 Å². The number of hydrogen-bond donors (Lipinski definition) is 0. The number of carbonyl (C=O) groups is 1. The van der Waals surface area contributed by atoms with E-state index < -0.39 is 0 Å². The molecular weight excluding hydrogens is 192 g/mol. The first-order valence-corrected chi connectivity index (χ1v) is 5.54. The topological polar surface area (TPSA) is 46.3 Å². The fourth-order valence-corrected chi connectivity index (χ4v) is 2.88. The van der Waals surface area contributed by atoms with Gasteiger partial charge in [-0.25, -0.2) is 0 Å². The van der Waals surface area contributed by atoms with Crippen LogP contribution in [0.5, 0.6) is 0 Å². The van der Waals surface area contributed by atoms with Crippen LogP contribution in [0.4, 0.5) is 0 Å². The van der Waals surface area contributed by atoms with Crippen molar-refractivity contribution < 1.29 is 9.32 Å². The molecule has 0 N–H and O–H groups in total. The highest BCUT2D eigenvalue weighted by atomic mass is 16.5. The second-order valence-electron chi connectivity index (χ2n) is 4.54. The van der Waals surface area contributed by atoms with E-state index in [0.717, 1.165) is 24.9 Å². The van der Waals surface area contributed by atoms with Crippen molar-refractivity contribution in [2.75, 3.05) is 13.1 Å². The second kappa shape index (κ2) is 3.36. The summed E-state index contributed by atoms with van der Waals surface area (Å²) >= 11 is 0. The van der Waals surface area contributed by atoms with Crippen molar-refractivity contribution in [3.63, 3.8) is 0 Å². The molecule has 0 spiro atoms. The third-order valence-corrected chi connectivity index (χ3v) is 3.66. The van der Waals surface area contributed by atoms with E-state index in [0.29, 0.717) is 5.76 Å². The molecule has 1 aromatic heterocycles. The molecule has 2 aliphatic rings. The van der Waals surface area contributed by atoms with E-state index in [1.807, 2.05) is 4.90 Å². The minimum atomic E-state index is 0.00176. The van der Waals surface area contributed by atoms with Crippen molar-refractivity contribution in [3.05, 3.63) is 18.0 Å². The summed E-state index contributed by atoms with van der Waals surface area (Å²) in [4.78, 5) is 13.8. The van der Waals surface area contributed by atoms with E-state index in [4.69, 9.17) is 4.52 Å². The molecule has 0 aromatic carbocycles. The van der Waals surface area contributed by atoms with Crippen LogP contribution in [0, 0.1) is 11.8 Å². The van der Waals surface area contributed by atoms with Crippen molar-refractivity contribution in [2.24, 2.45) is 11.8 Å². The lowest BCUT2D eigenvalue weighted by molar-refractivity contribution is 0.0739. The van der Waals surface area contributed by atoms with E-state index in [9.17, 15) is 4.79 Å². The van der Waals surface area contributed by atoms with Crippen LogP contribution in [0.25, 0.3) is 0 Å². The highest BCUT2D eigenvalue weighted by Crippen LogP contribution is 2.38. The Morgan fingerprint density at radius 2 is 2.13 bits per heavy atom. The minimum Gasteiger partial charge on any atom is -0.351 e. The predicted molar refractivity (Wildman–Crippen MR) is 53.2 cm³/mol. The molecule has 2 unspecified atom stereocenters. The molecule has 0 bridgehead atoms. The van der Waals surface area contributed by atoms with E-state index in [1.54, 1.807) is 6.07 Å². The van der Waals surface area contributed by atoms with Gasteiger partial charge in [0.05, 0.1) is 6.20 Å². The van der Waals surface area contributed by atoms with Crippen LogP contribution in [0.15, 0.2) is 16.8 Å². The molecule has 1 saturated carbocycles. The van der Waals surface area contributed by atoms with Gasteiger partial charge in [-0.1, -0.05) is 11.6 Å². The lowest BCUT2D eigenvalue weighted by Gasteiger charge is -2.14. The molecule has 3 rings (SSSR count). The van der Waals surface area contributed by atoms with Gasteiger partial charge in [0.15, 0.2) is 0 Å². The van der Waals surface area contributed by atoms with Gasteiger partial charge in [-0.05, 0) is 24.7 Å². The Bertz CT molecular complexity index is 349. The van der Waals surface area contributed by atoms with E-state index in [2.05, 4.69) is 5.16 Å². The number of aromatic nitrogens is 1. The molecule has 1 amide bonds. The number of likely N-dealkylation sites (tertiary alicyclic amines) is 1. The van der Waals surface area contributed by atoms with Crippen molar-refractivity contribution in [1.29, 1.82) is 0 Å². The molecule has 2 atom stereocenters. The number of fused-ring (bicyclic) bond motifs is 1. The summed E-state index contributed by atoms with van der Waals surface area (Å²) in [5.41, 5.74) is 0. The molecular formula is C11H14N2O2. The van der Waals surface area contributed by atoms with Crippen molar-refractivity contribution in [1.82, 2.24) is 10.1 Å². The average Bonchev–Trinajstić information content (AvgIpc) is 2.92.